The van der Waals surface area contributed by atoms with E-state index < -0.39 is 0 Å². The molecule has 0 bridgehead atoms. The molecule has 33 heavy (non-hydrogen) atoms. The first kappa shape index (κ1) is 22.2. The second-order valence-electron chi connectivity index (χ2n) is 7.79. The lowest BCUT2D eigenvalue weighted by Gasteiger charge is -2.25. The van der Waals surface area contributed by atoms with Gasteiger partial charge in [0.25, 0.3) is 11.8 Å². The Morgan fingerprint density at radius 2 is 1.70 bits per heavy atom. The second-order valence-corrected chi connectivity index (χ2v) is 7.79. The highest BCUT2D eigenvalue weighted by Crippen LogP contribution is 2.33. The fourth-order valence-corrected chi connectivity index (χ4v) is 3.83. The van der Waals surface area contributed by atoms with Crippen molar-refractivity contribution in [1.29, 1.82) is 0 Å². The molecule has 0 fully saturated rings. The second kappa shape index (κ2) is 9.65. The Hall–Kier alpha value is -4.00. The number of carbonyl (C=O) groups is 2. The van der Waals surface area contributed by atoms with Crippen molar-refractivity contribution in [3.05, 3.63) is 101 Å². The topological polar surface area (TPSA) is 62.2 Å². The van der Waals surface area contributed by atoms with Crippen LogP contribution >= 0.6 is 0 Å². The molecule has 168 valence electrons. The lowest BCUT2D eigenvalue weighted by molar-refractivity contribution is -0.133. The zero-order valence-electron chi connectivity index (χ0n) is 18.4. The fraction of sp³-hybridized carbons (Fsp3) is 0.192. The first-order valence-electron chi connectivity index (χ1n) is 10.6. The molecule has 0 saturated heterocycles. The van der Waals surface area contributed by atoms with Gasteiger partial charge in [0, 0.05) is 24.6 Å². The molecule has 3 aromatic carbocycles. The Bertz CT molecular complexity index is 1180. The van der Waals surface area contributed by atoms with Crippen molar-refractivity contribution >= 4 is 17.5 Å². The monoisotopic (exact) mass is 445 g/mol. The number of nitrogens with zero attached hydrogens (tertiary/aromatic N) is 3. The van der Waals surface area contributed by atoms with Gasteiger partial charge in [-0.1, -0.05) is 48.5 Å². The molecule has 0 N–H and O–H groups in total. The van der Waals surface area contributed by atoms with Crippen LogP contribution in [-0.4, -0.2) is 48.1 Å². The summed E-state index contributed by atoms with van der Waals surface area (Å²) < 4.78 is 19.5. The lowest BCUT2D eigenvalue weighted by atomic mass is 9.98. The molecule has 0 radical (unpaired) electrons. The van der Waals surface area contributed by atoms with Gasteiger partial charge in [-0.05, 0) is 35.9 Å². The SMILES string of the molecule is COc1ccc(C(=O)N(C)CC(=O)N2N=C(c3ccccc3F)CC2c2ccccc2)cc1. The van der Waals surface area contributed by atoms with E-state index in [9.17, 15) is 14.0 Å². The van der Waals surface area contributed by atoms with Gasteiger partial charge in [-0.2, -0.15) is 5.10 Å². The standard InChI is InChI=1S/C26H24FN3O3/c1-29(26(32)19-12-14-20(33-2)15-13-19)17-25(31)30-24(18-8-4-3-5-9-18)16-23(28-30)21-10-6-7-11-22(21)27/h3-15,24H,16-17H2,1-2H3. The number of hydrogen-bond donors (Lipinski definition) is 0. The number of halogens is 1. The highest BCUT2D eigenvalue weighted by Gasteiger charge is 2.34. The summed E-state index contributed by atoms with van der Waals surface area (Å²) in [5.74, 6) is -0.383. The van der Waals surface area contributed by atoms with E-state index in [2.05, 4.69) is 5.10 Å². The van der Waals surface area contributed by atoms with E-state index in [0.717, 1.165) is 5.56 Å². The maximum atomic E-state index is 14.4. The molecule has 2 amide bonds. The van der Waals surface area contributed by atoms with Crippen molar-refractivity contribution in [1.82, 2.24) is 9.91 Å². The van der Waals surface area contributed by atoms with Crippen molar-refractivity contribution in [2.75, 3.05) is 20.7 Å². The first-order chi connectivity index (χ1) is 16.0. The smallest absolute Gasteiger partial charge is 0.262 e. The number of hydrogen-bond acceptors (Lipinski definition) is 4. The number of carbonyl (C=O) groups excluding carboxylic acids is 2. The number of likely N-dealkylation sites (N-methyl/N-ethyl adjacent to an activating group) is 1. The van der Waals surface area contributed by atoms with E-state index >= 15 is 0 Å². The molecule has 1 unspecified atom stereocenters. The van der Waals surface area contributed by atoms with Gasteiger partial charge in [0.15, 0.2) is 0 Å². The quantitative estimate of drug-likeness (QED) is 0.569. The number of hydrazone groups is 1. The summed E-state index contributed by atoms with van der Waals surface area (Å²) in [6.45, 7) is -0.164. The molecule has 7 heteroatoms. The average molecular weight is 445 g/mol. The van der Waals surface area contributed by atoms with Crippen LogP contribution in [0.3, 0.4) is 0 Å². The van der Waals surface area contributed by atoms with Gasteiger partial charge in [-0.3, -0.25) is 9.59 Å². The molecule has 6 nitrogen and oxygen atoms in total. The third kappa shape index (κ3) is 4.77. The number of rotatable bonds is 6. The highest BCUT2D eigenvalue weighted by molar-refractivity contribution is 6.04. The van der Waals surface area contributed by atoms with Crippen LogP contribution in [-0.2, 0) is 4.79 Å². The van der Waals surface area contributed by atoms with E-state index in [1.165, 1.54) is 16.0 Å². The molecule has 1 aliphatic rings. The predicted molar refractivity (Wildman–Crippen MR) is 124 cm³/mol. The van der Waals surface area contributed by atoms with E-state index in [-0.39, 0.29) is 30.2 Å². The van der Waals surface area contributed by atoms with E-state index in [4.69, 9.17) is 4.74 Å². The predicted octanol–water partition coefficient (Wildman–Crippen LogP) is 4.28. The highest BCUT2D eigenvalue weighted by atomic mass is 19.1. The fourth-order valence-electron chi connectivity index (χ4n) is 3.83. The van der Waals surface area contributed by atoms with Gasteiger partial charge in [0.05, 0.1) is 18.9 Å². The molecule has 0 aliphatic carbocycles. The molecule has 1 heterocycles. The van der Waals surface area contributed by atoms with Crippen molar-refractivity contribution < 1.29 is 18.7 Å². The Labute approximate surface area is 191 Å². The van der Waals surface area contributed by atoms with Crippen molar-refractivity contribution in [2.45, 2.75) is 12.5 Å². The van der Waals surface area contributed by atoms with Gasteiger partial charge in [-0.25, -0.2) is 9.40 Å². The molecule has 1 atom stereocenters. The molecular formula is C26H24FN3O3. The first-order valence-corrected chi connectivity index (χ1v) is 10.6. The van der Waals surface area contributed by atoms with E-state index in [1.54, 1.807) is 56.6 Å². The molecular weight excluding hydrogens is 421 g/mol. The van der Waals surface area contributed by atoms with E-state index in [1.807, 2.05) is 30.3 Å². The van der Waals surface area contributed by atoms with Crippen LogP contribution in [0.15, 0.2) is 84.0 Å². The largest absolute Gasteiger partial charge is 0.497 e. The molecule has 4 rings (SSSR count). The number of ether oxygens (including phenoxy) is 1. The van der Waals surface area contributed by atoms with Crippen molar-refractivity contribution in [3.63, 3.8) is 0 Å². The van der Waals surface area contributed by atoms with Gasteiger partial charge < -0.3 is 9.64 Å². The minimum atomic E-state index is -0.385. The third-order valence-electron chi connectivity index (χ3n) is 5.59. The van der Waals surface area contributed by atoms with Crippen LogP contribution in [0.2, 0.25) is 0 Å². The van der Waals surface area contributed by atoms with Gasteiger partial charge in [-0.15, -0.1) is 0 Å². The van der Waals surface area contributed by atoms with Crippen molar-refractivity contribution in [3.8, 4) is 5.75 Å². The van der Waals surface area contributed by atoms with Crippen LogP contribution in [0.1, 0.15) is 33.9 Å². The van der Waals surface area contributed by atoms with Gasteiger partial charge >= 0.3 is 0 Å². The summed E-state index contributed by atoms with van der Waals surface area (Å²) in [5, 5.41) is 5.86. The Kier molecular flexibility index (Phi) is 6.49. The molecule has 3 aromatic rings. The molecule has 1 aliphatic heterocycles. The Morgan fingerprint density at radius 3 is 2.36 bits per heavy atom. The minimum Gasteiger partial charge on any atom is -0.497 e. The van der Waals surface area contributed by atoms with Crippen LogP contribution in [0.25, 0.3) is 0 Å². The minimum absolute atomic E-state index is 0.164. The Balaban J connectivity index is 1.57. The molecule has 0 aromatic heterocycles. The van der Waals surface area contributed by atoms with Crippen LogP contribution in [0.5, 0.6) is 5.75 Å². The normalized spacial score (nSPS) is 15.2. The maximum Gasteiger partial charge on any atom is 0.262 e. The van der Waals surface area contributed by atoms with Crippen LogP contribution in [0, 0.1) is 5.82 Å². The average Bonchev–Trinajstić information content (AvgIpc) is 3.30. The number of methoxy groups -OCH3 is 1. The zero-order chi connectivity index (χ0) is 23.4. The van der Waals surface area contributed by atoms with Gasteiger partial charge in [0.2, 0.25) is 0 Å². The molecule has 0 saturated carbocycles. The number of benzene rings is 3. The van der Waals surface area contributed by atoms with E-state index in [0.29, 0.717) is 29.0 Å². The summed E-state index contributed by atoms with van der Waals surface area (Å²) >= 11 is 0. The zero-order valence-corrected chi connectivity index (χ0v) is 18.4. The number of amides is 2. The molecule has 0 spiro atoms. The summed E-state index contributed by atoms with van der Waals surface area (Å²) in [4.78, 5) is 27.4. The summed E-state index contributed by atoms with van der Waals surface area (Å²) in [5.41, 5.74) is 2.21. The van der Waals surface area contributed by atoms with Crippen molar-refractivity contribution in [2.24, 2.45) is 5.10 Å². The third-order valence-corrected chi connectivity index (χ3v) is 5.59. The summed E-state index contributed by atoms with van der Waals surface area (Å²) in [7, 11) is 3.12. The Morgan fingerprint density at radius 1 is 1.03 bits per heavy atom. The lowest BCUT2D eigenvalue weighted by Crippen LogP contribution is -2.39. The van der Waals surface area contributed by atoms with Gasteiger partial charge in [0.1, 0.15) is 18.1 Å². The summed E-state index contributed by atoms with van der Waals surface area (Å²) in [6.07, 6.45) is 0.382. The van der Waals surface area contributed by atoms with Crippen LogP contribution in [0.4, 0.5) is 4.39 Å². The summed E-state index contributed by atoms with van der Waals surface area (Å²) in [6, 6.07) is 22.2. The maximum absolute atomic E-state index is 14.4. The van der Waals surface area contributed by atoms with Crippen LogP contribution < -0.4 is 4.74 Å².